The molecule has 24 heavy (non-hydrogen) atoms. The van der Waals surface area contributed by atoms with E-state index in [1.165, 1.54) is 5.06 Å². The Bertz CT molecular complexity index is 734. The summed E-state index contributed by atoms with van der Waals surface area (Å²) in [7, 11) is 0.253. The van der Waals surface area contributed by atoms with Crippen molar-refractivity contribution in [3.8, 4) is 0 Å². The topological polar surface area (TPSA) is 41.9 Å². The van der Waals surface area contributed by atoms with Crippen LogP contribution in [0.2, 0.25) is 0 Å². The van der Waals surface area contributed by atoms with E-state index < -0.39 is 5.41 Å². The SMILES string of the molecule is CPON1CC[C@@](C)(C(=Nc2ccccc2)c2ccccc2)C1=O. The third-order valence-electron chi connectivity index (χ3n) is 4.28. The first-order valence-electron chi connectivity index (χ1n) is 8.00. The van der Waals surface area contributed by atoms with Crippen molar-refractivity contribution in [3.05, 3.63) is 66.2 Å². The van der Waals surface area contributed by atoms with Gasteiger partial charge < -0.3 is 0 Å². The van der Waals surface area contributed by atoms with Gasteiger partial charge in [-0.3, -0.25) is 14.4 Å². The molecule has 0 saturated carbocycles. The van der Waals surface area contributed by atoms with E-state index in [2.05, 4.69) is 0 Å². The van der Waals surface area contributed by atoms with Gasteiger partial charge in [0.1, 0.15) is 0 Å². The van der Waals surface area contributed by atoms with Crippen molar-refractivity contribution < 1.29 is 9.42 Å². The molecular formula is C19H21N2O2P. The number of hydrogen-bond donors (Lipinski definition) is 0. The van der Waals surface area contributed by atoms with Crippen molar-refractivity contribution in [2.45, 2.75) is 13.3 Å². The molecule has 0 aromatic heterocycles. The molecule has 1 heterocycles. The van der Waals surface area contributed by atoms with E-state index >= 15 is 0 Å². The molecular weight excluding hydrogens is 319 g/mol. The van der Waals surface area contributed by atoms with Gasteiger partial charge in [0.2, 0.25) is 0 Å². The molecule has 1 unspecified atom stereocenters. The molecule has 0 N–H and O–H groups in total. The zero-order valence-electron chi connectivity index (χ0n) is 13.9. The molecule has 2 aromatic rings. The molecule has 1 aliphatic heterocycles. The Morgan fingerprint density at radius 1 is 1.12 bits per heavy atom. The summed E-state index contributed by atoms with van der Waals surface area (Å²) in [6, 6.07) is 19.7. The quantitative estimate of drug-likeness (QED) is 0.605. The Morgan fingerprint density at radius 2 is 1.75 bits per heavy atom. The highest BCUT2D eigenvalue weighted by molar-refractivity contribution is 7.31. The van der Waals surface area contributed by atoms with Gasteiger partial charge >= 0.3 is 0 Å². The van der Waals surface area contributed by atoms with Gasteiger partial charge in [-0.2, -0.15) is 0 Å². The van der Waals surface area contributed by atoms with Crippen molar-refractivity contribution in [1.29, 1.82) is 0 Å². The summed E-state index contributed by atoms with van der Waals surface area (Å²) in [5.41, 5.74) is 1.93. The standard InChI is InChI=1S/C19H21N2O2P/c1-19(13-14-21(18(19)22)23-24-2)17(15-9-5-3-6-10-15)20-16-11-7-4-8-12-16/h3-12,24H,13-14H2,1-2H3/t19-/m0/s1. The maximum Gasteiger partial charge on any atom is 0.258 e. The van der Waals surface area contributed by atoms with E-state index in [1.807, 2.05) is 74.3 Å². The maximum absolute atomic E-state index is 12.9. The van der Waals surface area contributed by atoms with E-state index in [1.54, 1.807) is 0 Å². The first-order valence-corrected chi connectivity index (χ1v) is 9.41. The molecule has 4 nitrogen and oxygen atoms in total. The molecule has 1 amide bonds. The van der Waals surface area contributed by atoms with E-state index in [0.29, 0.717) is 13.0 Å². The van der Waals surface area contributed by atoms with Crippen LogP contribution in [0.3, 0.4) is 0 Å². The molecule has 1 aliphatic rings. The van der Waals surface area contributed by atoms with Crippen LogP contribution in [0.5, 0.6) is 0 Å². The highest BCUT2D eigenvalue weighted by Crippen LogP contribution is 2.38. The molecule has 124 valence electrons. The van der Waals surface area contributed by atoms with Gasteiger partial charge in [-0.05, 0) is 37.7 Å². The lowest BCUT2D eigenvalue weighted by Gasteiger charge is -2.25. The lowest BCUT2D eigenvalue weighted by molar-refractivity contribution is -0.152. The van der Waals surface area contributed by atoms with Crippen LogP contribution in [0.1, 0.15) is 18.9 Å². The third kappa shape index (κ3) is 3.26. The Balaban J connectivity index is 2.06. The fourth-order valence-corrected chi connectivity index (χ4v) is 3.35. The lowest BCUT2D eigenvalue weighted by Crippen LogP contribution is -2.38. The highest BCUT2D eigenvalue weighted by atomic mass is 31.1. The smallest absolute Gasteiger partial charge is 0.258 e. The lowest BCUT2D eigenvalue weighted by atomic mass is 9.80. The minimum absolute atomic E-state index is 0.0182. The second-order valence-corrected chi connectivity index (χ2v) is 6.54. The minimum atomic E-state index is -0.684. The Labute approximate surface area is 144 Å². The largest absolute Gasteiger partial charge is 0.271 e. The average molecular weight is 340 g/mol. The summed E-state index contributed by atoms with van der Waals surface area (Å²) < 4.78 is 5.50. The molecule has 0 spiro atoms. The summed E-state index contributed by atoms with van der Waals surface area (Å²) in [5.74, 6) is -0.0182. The monoisotopic (exact) mass is 340 g/mol. The molecule has 2 atom stereocenters. The minimum Gasteiger partial charge on any atom is -0.271 e. The van der Waals surface area contributed by atoms with Crippen LogP contribution >= 0.6 is 8.81 Å². The van der Waals surface area contributed by atoms with Crippen LogP contribution in [-0.4, -0.2) is 29.9 Å². The summed E-state index contributed by atoms with van der Waals surface area (Å²) in [6.45, 7) is 4.47. The first kappa shape index (κ1) is 16.8. The molecule has 0 bridgehead atoms. The van der Waals surface area contributed by atoms with Crippen LogP contribution in [-0.2, 0) is 9.42 Å². The highest BCUT2D eigenvalue weighted by Gasteiger charge is 2.48. The predicted molar refractivity (Wildman–Crippen MR) is 98.8 cm³/mol. The van der Waals surface area contributed by atoms with E-state index in [0.717, 1.165) is 17.0 Å². The number of hydroxylamine groups is 2. The number of carbonyl (C=O) groups excluding carboxylic acids is 1. The Kier molecular flexibility index (Phi) is 5.08. The number of para-hydroxylation sites is 1. The zero-order valence-corrected chi connectivity index (χ0v) is 14.9. The van der Waals surface area contributed by atoms with Crippen molar-refractivity contribution in [3.63, 3.8) is 0 Å². The number of hydrogen-bond acceptors (Lipinski definition) is 3. The maximum atomic E-state index is 12.9. The average Bonchev–Trinajstić information content (AvgIpc) is 2.91. The zero-order chi connectivity index (χ0) is 17.0. The molecule has 0 radical (unpaired) electrons. The van der Waals surface area contributed by atoms with Crippen LogP contribution in [0.15, 0.2) is 65.7 Å². The summed E-state index contributed by atoms with van der Waals surface area (Å²) >= 11 is 0. The number of rotatable bonds is 5. The van der Waals surface area contributed by atoms with Crippen molar-refractivity contribution in [2.75, 3.05) is 13.2 Å². The fraction of sp³-hybridized carbons (Fsp3) is 0.263. The van der Waals surface area contributed by atoms with Crippen LogP contribution in [0.25, 0.3) is 0 Å². The molecule has 0 aliphatic carbocycles. The van der Waals surface area contributed by atoms with Crippen LogP contribution in [0, 0.1) is 5.41 Å². The van der Waals surface area contributed by atoms with Gasteiger partial charge in [0, 0.05) is 8.81 Å². The molecule has 2 aromatic carbocycles. The van der Waals surface area contributed by atoms with Gasteiger partial charge in [-0.25, -0.2) is 5.06 Å². The number of nitrogens with zero attached hydrogens (tertiary/aromatic N) is 2. The van der Waals surface area contributed by atoms with E-state index in [4.69, 9.17) is 9.62 Å². The van der Waals surface area contributed by atoms with E-state index in [-0.39, 0.29) is 14.7 Å². The number of aliphatic imine (C=N–C) groups is 1. The second kappa shape index (κ2) is 7.25. The van der Waals surface area contributed by atoms with Gasteiger partial charge in [0.15, 0.2) is 0 Å². The number of amides is 1. The van der Waals surface area contributed by atoms with Gasteiger partial charge in [0.25, 0.3) is 5.91 Å². The Morgan fingerprint density at radius 3 is 2.38 bits per heavy atom. The van der Waals surface area contributed by atoms with Crippen molar-refractivity contribution in [1.82, 2.24) is 5.06 Å². The fourth-order valence-electron chi connectivity index (χ4n) is 2.96. The number of benzene rings is 2. The van der Waals surface area contributed by atoms with Gasteiger partial charge in [-0.15, -0.1) is 0 Å². The summed E-state index contributed by atoms with van der Waals surface area (Å²) in [5, 5.41) is 1.49. The van der Waals surface area contributed by atoms with Gasteiger partial charge in [0.05, 0.1) is 23.4 Å². The summed E-state index contributed by atoms with van der Waals surface area (Å²) in [6.07, 6.45) is 0.691. The molecule has 5 heteroatoms. The summed E-state index contributed by atoms with van der Waals surface area (Å²) in [4.78, 5) is 17.8. The normalized spacial score (nSPS) is 21.8. The van der Waals surface area contributed by atoms with Crippen molar-refractivity contribution in [2.24, 2.45) is 10.4 Å². The molecule has 3 rings (SSSR count). The van der Waals surface area contributed by atoms with Crippen LogP contribution in [0.4, 0.5) is 5.69 Å². The number of carbonyl (C=O) groups is 1. The Hall–Kier alpha value is -2.03. The molecule has 1 saturated heterocycles. The second-order valence-electron chi connectivity index (χ2n) is 5.95. The van der Waals surface area contributed by atoms with Crippen molar-refractivity contribution >= 4 is 26.1 Å². The first-order chi connectivity index (χ1) is 11.6. The molecule has 1 fully saturated rings. The van der Waals surface area contributed by atoms with Crippen LogP contribution < -0.4 is 0 Å². The van der Waals surface area contributed by atoms with E-state index in [9.17, 15) is 4.79 Å². The predicted octanol–water partition coefficient (Wildman–Crippen LogP) is 4.20. The van der Waals surface area contributed by atoms with Gasteiger partial charge in [-0.1, -0.05) is 48.5 Å². The third-order valence-corrected chi connectivity index (χ3v) is 4.68.